The molecule has 3 aromatic rings. The van der Waals surface area contributed by atoms with Crippen LogP contribution in [0.1, 0.15) is 6.92 Å². The van der Waals surface area contributed by atoms with Crippen LogP contribution < -0.4 is 15.9 Å². The van der Waals surface area contributed by atoms with E-state index in [1.54, 1.807) is 12.3 Å². The molecule has 0 saturated carbocycles. The van der Waals surface area contributed by atoms with E-state index >= 15 is 0 Å². The molecule has 0 aromatic heterocycles. The summed E-state index contributed by atoms with van der Waals surface area (Å²) in [5, 5.41) is 4.19. The molecule has 2 heterocycles. The number of hydrogen-bond acceptors (Lipinski definition) is 4. The topological polar surface area (TPSA) is 43.5 Å². The summed E-state index contributed by atoms with van der Waals surface area (Å²) < 4.78 is 19.9. The van der Waals surface area contributed by atoms with Gasteiger partial charge in [-0.2, -0.15) is 0 Å². The van der Waals surface area contributed by atoms with Gasteiger partial charge in [0.25, 0.3) is 0 Å². The Hall–Kier alpha value is -1.55. The van der Waals surface area contributed by atoms with Crippen LogP contribution in [0.4, 0.5) is 0 Å². The van der Waals surface area contributed by atoms with Crippen molar-refractivity contribution < 1.29 is 34.1 Å². The maximum Gasteiger partial charge on any atom is -0.0134 e. The summed E-state index contributed by atoms with van der Waals surface area (Å²) in [6.07, 6.45) is 6.05. The quantitative estimate of drug-likeness (QED) is 0.0635. The van der Waals surface area contributed by atoms with E-state index in [9.17, 15) is 0 Å². The Morgan fingerprint density at radius 3 is 1.55 bits per heavy atom. The number of hydrogen-bond donors (Lipinski definition) is 0. The van der Waals surface area contributed by atoms with Crippen LogP contribution >= 0.6 is 27.3 Å². The average Bonchev–Trinajstić information content (AvgIpc) is 3.89. The molecule has 3 aromatic carbocycles. The molecule has 0 spiro atoms. The molecule has 2 saturated heterocycles. The maximum atomic E-state index is 5.06. The van der Waals surface area contributed by atoms with E-state index in [0.29, 0.717) is 25.4 Å². The van der Waals surface area contributed by atoms with Gasteiger partial charge in [0.05, 0.1) is 32.7 Å². The number of halogens is 2. The van der Waals surface area contributed by atoms with Gasteiger partial charge in [0.2, 0.25) is 0 Å². The van der Waals surface area contributed by atoms with E-state index in [2.05, 4.69) is 97.6 Å². The van der Waals surface area contributed by atoms with Gasteiger partial charge < -0.3 is 18.9 Å². The fourth-order valence-corrected chi connectivity index (χ4v) is 5.35. The molecule has 8 heteroatoms. The second kappa shape index (κ2) is 21.3. The number of epoxide rings is 2. The van der Waals surface area contributed by atoms with Crippen LogP contribution in [0, 0.1) is 0 Å². The second-order valence-corrected chi connectivity index (χ2v) is 12.8. The van der Waals surface area contributed by atoms with Crippen molar-refractivity contribution in [3.63, 3.8) is 0 Å². The van der Waals surface area contributed by atoms with E-state index in [4.69, 9.17) is 38.3 Å². The zero-order valence-corrected chi connectivity index (χ0v) is 25.6. The first kappa shape index (κ1) is 32.7. The number of ether oxygens (including phenoxy) is 4. The maximum absolute atomic E-state index is 5.06. The third-order valence-corrected chi connectivity index (χ3v) is 7.35. The summed E-state index contributed by atoms with van der Waals surface area (Å²) in [6.45, 7) is 9.26. The monoisotopic (exact) mass is 662 g/mol. The molecular weight excluding hydrogens is 627 g/mol. The van der Waals surface area contributed by atoms with Gasteiger partial charge in [-0.25, -0.2) is 0 Å². The molecule has 0 radical (unpaired) electrons. The SMILES string of the molecule is C/C=C\OCC1CO1.C=CCOCC1CO1.[Cl][Ru][Cl].c1ccc(P(c2ccccc2)c2ccccc2)cc1. The zero-order valence-electron chi connectivity index (χ0n) is 21.5. The van der Waals surface area contributed by atoms with Crippen molar-refractivity contribution in [1.29, 1.82) is 0 Å². The minimum Gasteiger partial charge on any atom is -0.0622 e. The third kappa shape index (κ3) is 15.1. The Balaban J connectivity index is 0.000000220. The molecule has 2 aliphatic heterocycles. The predicted molar refractivity (Wildman–Crippen MR) is 158 cm³/mol. The summed E-state index contributed by atoms with van der Waals surface area (Å²) in [7, 11) is 9.26. The molecule has 2 atom stereocenters. The van der Waals surface area contributed by atoms with Crippen molar-refractivity contribution in [2.75, 3.05) is 33.0 Å². The predicted octanol–water partition coefficient (Wildman–Crippen LogP) is 6.34. The van der Waals surface area contributed by atoms with Crippen LogP contribution in [0.2, 0.25) is 0 Å². The Bertz CT molecular complexity index is 911. The molecule has 0 bridgehead atoms. The van der Waals surface area contributed by atoms with E-state index in [1.165, 1.54) is 15.9 Å². The molecule has 38 heavy (non-hydrogen) atoms. The third-order valence-electron chi connectivity index (χ3n) is 4.90. The Morgan fingerprint density at radius 1 is 0.816 bits per heavy atom. The van der Waals surface area contributed by atoms with Crippen molar-refractivity contribution in [3.8, 4) is 0 Å². The van der Waals surface area contributed by atoms with Crippen LogP contribution in [0.3, 0.4) is 0 Å². The largest absolute Gasteiger partial charge is 0.0622 e. The van der Waals surface area contributed by atoms with Gasteiger partial charge in [-0.05, 0) is 30.8 Å². The number of benzene rings is 3. The average molecular weight is 663 g/mol. The van der Waals surface area contributed by atoms with Crippen molar-refractivity contribution in [2.45, 2.75) is 19.1 Å². The van der Waals surface area contributed by atoms with Crippen molar-refractivity contribution in [3.05, 3.63) is 116 Å². The normalized spacial score (nSPS) is 16.7. The zero-order chi connectivity index (χ0) is 27.3. The summed E-state index contributed by atoms with van der Waals surface area (Å²) in [6, 6.07) is 32.3. The molecule has 0 amide bonds. The first-order valence-electron chi connectivity index (χ1n) is 12.2. The molecular formula is C30H35Cl2O4PRu. The van der Waals surface area contributed by atoms with Crippen molar-refractivity contribution in [2.24, 2.45) is 0 Å². The van der Waals surface area contributed by atoms with E-state index in [-0.39, 0.29) is 15.1 Å². The van der Waals surface area contributed by atoms with Gasteiger partial charge in [0.1, 0.15) is 18.8 Å². The molecule has 206 valence electrons. The van der Waals surface area contributed by atoms with E-state index in [0.717, 1.165) is 19.8 Å². The van der Waals surface area contributed by atoms with E-state index < -0.39 is 7.92 Å². The molecule has 5 rings (SSSR count). The minimum atomic E-state index is -0.446. The molecule has 0 N–H and O–H groups in total. The smallest absolute Gasteiger partial charge is 0.0134 e. The van der Waals surface area contributed by atoms with Gasteiger partial charge in [-0.15, -0.1) is 6.58 Å². The number of rotatable bonds is 10. The van der Waals surface area contributed by atoms with Gasteiger partial charge in [0, 0.05) is 0 Å². The summed E-state index contributed by atoms with van der Waals surface area (Å²) >= 11 is -0.346. The van der Waals surface area contributed by atoms with Crippen LogP contribution in [-0.2, 0) is 34.1 Å². The van der Waals surface area contributed by atoms with Gasteiger partial charge in [-0.1, -0.05) is 103 Å². The van der Waals surface area contributed by atoms with E-state index in [1.807, 2.05) is 13.0 Å². The van der Waals surface area contributed by atoms with Crippen LogP contribution in [0.15, 0.2) is 116 Å². The van der Waals surface area contributed by atoms with Crippen LogP contribution in [0.25, 0.3) is 0 Å². The molecule has 2 aliphatic rings. The molecule has 4 nitrogen and oxygen atoms in total. The summed E-state index contributed by atoms with van der Waals surface area (Å²) in [5.74, 6) is 0. The van der Waals surface area contributed by atoms with Crippen molar-refractivity contribution in [1.82, 2.24) is 0 Å². The fraction of sp³-hybridized carbons (Fsp3) is 0.267. The van der Waals surface area contributed by atoms with Crippen LogP contribution in [0.5, 0.6) is 0 Å². The standard InChI is InChI=1S/C18H15P.2C6H10O2.2ClH.Ru/c1-4-10-16(11-5-1)19(17-12-6-2-7-13-17)18-14-8-3-9-15-18;2*1-2-3-7-4-6-5-8-6;;;/h1-15H;2-3,6H,4-5H2,1H3;2,6H,1,3-5H2;2*1H;/q;;;;;+2/p-2/b;3-2-;;;;. The first-order valence-corrected chi connectivity index (χ1v) is 18.0. The Labute approximate surface area is 244 Å². The van der Waals surface area contributed by atoms with Gasteiger partial charge in [-0.3, -0.25) is 0 Å². The van der Waals surface area contributed by atoms with Gasteiger partial charge in [0.15, 0.2) is 0 Å². The fourth-order valence-electron chi connectivity index (χ4n) is 3.05. The minimum absolute atomic E-state index is 0.346. The number of allylic oxidation sites excluding steroid dienone is 1. The van der Waals surface area contributed by atoms with Gasteiger partial charge >= 0.3 is 34.5 Å². The summed E-state index contributed by atoms with van der Waals surface area (Å²) in [5.41, 5.74) is 0. The van der Waals surface area contributed by atoms with Crippen molar-refractivity contribution >= 4 is 43.2 Å². The molecule has 2 unspecified atom stereocenters. The first-order chi connectivity index (χ1) is 18.7. The Kier molecular flexibility index (Phi) is 18.3. The molecule has 2 fully saturated rings. The summed E-state index contributed by atoms with van der Waals surface area (Å²) in [4.78, 5) is 0. The molecule has 0 aliphatic carbocycles. The second-order valence-electron chi connectivity index (χ2n) is 7.93. The van der Waals surface area contributed by atoms with Crippen LogP contribution in [-0.4, -0.2) is 45.2 Å². The Morgan fingerprint density at radius 2 is 1.21 bits per heavy atom.